The van der Waals surface area contributed by atoms with Crippen LogP contribution in [-0.2, 0) is 9.53 Å². The minimum Gasteiger partial charge on any atom is -0.394 e. The van der Waals surface area contributed by atoms with Crippen LogP contribution in [0.4, 0.5) is 5.82 Å². The molecule has 10 heteroatoms. The Labute approximate surface area is 183 Å². The molecule has 0 saturated carbocycles. The van der Waals surface area contributed by atoms with Gasteiger partial charge in [-0.15, -0.1) is 0 Å². The molecule has 1 aliphatic heterocycles. The lowest BCUT2D eigenvalue weighted by Gasteiger charge is -2.18. The van der Waals surface area contributed by atoms with Gasteiger partial charge in [0.1, 0.15) is 15.8 Å². The van der Waals surface area contributed by atoms with Crippen molar-refractivity contribution in [2.45, 2.75) is 26.8 Å². The van der Waals surface area contributed by atoms with Gasteiger partial charge in [0.05, 0.1) is 30.3 Å². The molecule has 0 bridgehead atoms. The highest BCUT2D eigenvalue weighted by molar-refractivity contribution is 8.26. The van der Waals surface area contributed by atoms with Gasteiger partial charge in [0, 0.05) is 18.8 Å². The maximum Gasteiger partial charge on any atom is 0.267 e. The second-order valence-corrected chi connectivity index (χ2v) is 8.70. The van der Waals surface area contributed by atoms with E-state index in [1.54, 1.807) is 18.3 Å². The molecule has 1 fully saturated rings. The largest absolute Gasteiger partial charge is 0.394 e. The molecule has 1 amide bonds. The average molecular weight is 449 g/mol. The lowest BCUT2D eigenvalue weighted by atomic mass is 10.2. The number of carbonyl (C=O) groups is 1. The van der Waals surface area contributed by atoms with Crippen LogP contribution in [-0.4, -0.2) is 62.0 Å². The first-order valence-corrected chi connectivity index (χ1v) is 10.8. The van der Waals surface area contributed by atoms with Crippen molar-refractivity contribution in [2.75, 3.05) is 31.7 Å². The molecular formula is C20H24N4O4S2. The number of hydrogen-bond donors (Lipinski definition) is 2. The van der Waals surface area contributed by atoms with E-state index < -0.39 is 0 Å². The van der Waals surface area contributed by atoms with E-state index in [-0.39, 0.29) is 36.3 Å². The molecule has 30 heavy (non-hydrogen) atoms. The molecule has 8 nitrogen and oxygen atoms in total. The summed E-state index contributed by atoms with van der Waals surface area (Å²) in [6.07, 6.45) is 3.28. The molecule has 1 aliphatic rings. The van der Waals surface area contributed by atoms with Crippen molar-refractivity contribution in [3.63, 3.8) is 0 Å². The standard InChI is InChI=1S/C20H24N4O4S2/c1-12(2)24-19(27)15(30-20(24)29)10-14-17(21-6-8-28-9-7-25)22-16-5-4-13(3)11-23(16)18(14)26/h4-5,10-12,21,25H,6-9H2,1-3H3/b15-10+. The minimum atomic E-state index is -0.280. The van der Waals surface area contributed by atoms with Gasteiger partial charge in [0.15, 0.2) is 0 Å². The smallest absolute Gasteiger partial charge is 0.267 e. The highest BCUT2D eigenvalue weighted by atomic mass is 32.2. The molecule has 2 N–H and O–H groups in total. The van der Waals surface area contributed by atoms with E-state index in [0.29, 0.717) is 33.8 Å². The number of rotatable bonds is 8. The number of thiocarbonyl (C=S) groups is 1. The van der Waals surface area contributed by atoms with E-state index in [2.05, 4.69) is 10.3 Å². The molecule has 0 radical (unpaired) electrons. The number of thioether (sulfide) groups is 1. The number of aromatic nitrogens is 2. The van der Waals surface area contributed by atoms with Crippen molar-refractivity contribution in [1.29, 1.82) is 0 Å². The van der Waals surface area contributed by atoms with Crippen LogP contribution in [0.5, 0.6) is 0 Å². The Morgan fingerprint density at radius 3 is 2.77 bits per heavy atom. The second kappa shape index (κ2) is 9.69. The zero-order valence-electron chi connectivity index (χ0n) is 17.0. The van der Waals surface area contributed by atoms with Crippen LogP contribution in [0.25, 0.3) is 11.7 Å². The van der Waals surface area contributed by atoms with Gasteiger partial charge >= 0.3 is 0 Å². The number of aryl methyl sites for hydroxylation is 1. The maximum absolute atomic E-state index is 13.2. The van der Waals surface area contributed by atoms with Crippen LogP contribution < -0.4 is 10.9 Å². The number of pyridine rings is 1. The number of anilines is 1. The number of hydrogen-bond acceptors (Lipinski definition) is 8. The summed E-state index contributed by atoms with van der Waals surface area (Å²) in [6, 6.07) is 3.58. The van der Waals surface area contributed by atoms with Gasteiger partial charge < -0.3 is 15.2 Å². The number of aliphatic hydroxyl groups excluding tert-OH is 1. The molecule has 3 rings (SSSR count). The highest BCUT2D eigenvalue weighted by Gasteiger charge is 2.34. The van der Waals surface area contributed by atoms with Gasteiger partial charge in [-0.3, -0.25) is 18.9 Å². The second-order valence-electron chi connectivity index (χ2n) is 7.02. The number of amides is 1. The van der Waals surface area contributed by atoms with E-state index in [0.717, 1.165) is 5.56 Å². The first-order chi connectivity index (χ1) is 14.3. The molecule has 0 spiro atoms. The van der Waals surface area contributed by atoms with Crippen LogP contribution in [0, 0.1) is 6.92 Å². The number of carbonyl (C=O) groups excluding carboxylic acids is 1. The van der Waals surface area contributed by atoms with Crippen molar-refractivity contribution < 1.29 is 14.6 Å². The first-order valence-electron chi connectivity index (χ1n) is 9.56. The maximum atomic E-state index is 13.2. The third-order valence-electron chi connectivity index (χ3n) is 4.40. The van der Waals surface area contributed by atoms with E-state index in [9.17, 15) is 9.59 Å². The van der Waals surface area contributed by atoms with Crippen molar-refractivity contribution in [3.05, 3.63) is 44.7 Å². The van der Waals surface area contributed by atoms with Crippen LogP contribution in [0.1, 0.15) is 25.0 Å². The highest BCUT2D eigenvalue weighted by Crippen LogP contribution is 2.34. The fraction of sp³-hybridized carbons (Fsp3) is 0.400. The Bertz CT molecular complexity index is 1060. The summed E-state index contributed by atoms with van der Waals surface area (Å²) in [6.45, 7) is 6.58. The number of nitrogens with zero attached hydrogens (tertiary/aromatic N) is 3. The average Bonchev–Trinajstić information content (AvgIpc) is 2.98. The molecule has 160 valence electrons. The Morgan fingerprint density at radius 1 is 1.33 bits per heavy atom. The van der Waals surface area contributed by atoms with Crippen molar-refractivity contribution in [2.24, 2.45) is 0 Å². The Morgan fingerprint density at radius 2 is 2.10 bits per heavy atom. The van der Waals surface area contributed by atoms with Gasteiger partial charge in [0.25, 0.3) is 11.5 Å². The van der Waals surface area contributed by atoms with Gasteiger partial charge in [-0.05, 0) is 38.5 Å². The topological polar surface area (TPSA) is 96.2 Å². The SMILES string of the molecule is Cc1ccc2nc(NCCOCCO)c(/C=C3/SC(=S)N(C(C)C)C3=O)c(=O)n2c1. The molecule has 0 aliphatic carbocycles. The molecule has 1 saturated heterocycles. The number of nitrogens with one attached hydrogen (secondary N) is 1. The van der Waals surface area contributed by atoms with Crippen molar-refractivity contribution in [1.82, 2.24) is 14.3 Å². The van der Waals surface area contributed by atoms with Crippen molar-refractivity contribution in [3.8, 4) is 0 Å². The van der Waals surface area contributed by atoms with Crippen LogP contribution in [0.2, 0.25) is 0 Å². The molecule has 0 atom stereocenters. The minimum absolute atomic E-state index is 0.0577. The number of aliphatic hydroxyl groups is 1. The normalized spacial score (nSPS) is 15.8. The van der Waals surface area contributed by atoms with Crippen LogP contribution in [0.3, 0.4) is 0 Å². The Kier molecular flexibility index (Phi) is 7.24. The van der Waals surface area contributed by atoms with E-state index in [1.807, 2.05) is 26.8 Å². The summed E-state index contributed by atoms with van der Waals surface area (Å²) < 4.78 is 7.20. The first kappa shape index (κ1) is 22.4. The van der Waals surface area contributed by atoms with E-state index in [1.165, 1.54) is 21.1 Å². The third-order valence-corrected chi connectivity index (χ3v) is 5.73. The quantitative estimate of drug-likeness (QED) is 0.360. The van der Waals surface area contributed by atoms with Gasteiger partial charge in [-0.2, -0.15) is 0 Å². The molecule has 0 aromatic carbocycles. The Balaban J connectivity index is 2.03. The fourth-order valence-corrected chi connectivity index (χ4v) is 4.49. The monoisotopic (exact) mass is 448 g/mol. The predicted octanol–water partition coefficient (Wildman–Crippen LogP) is 2.03. The van der Waals surface area contributed by atoms with Gasteiger partial charge in [0.2, 0.25) is 0 Å². The van der Waals surface area contributed by atoms with E-state index in [4.69, 9.17) is 22.1 Å². The van der Waals surface area contributed by atoms with E-state index >= 15 is 0 Å². The summed E-state index contributed by atoms with van der Waals surface area (Å²) in [7, 11) is 0. The van der Waals surface area contributed by atoms with Crippen LogP contribution >= 0.6 is 24.0 Å². The fourth-order valence-electron chi connectivity index (χ4n) is 2.99. The summed E-state index contributed by atoms with van der Waals surface area (Å²) in [4.78, 5) is 32.5. The third kappa shape index (κ3) is 4.72. The van der Waals surface area contributed by atoms with Gasteiger partial charge in [-0.1, -0.05) is 30.0 Å². The summed E-state index contributed by atoms with van der Waals surface area (Å²) in [5.41, 5.74) is 1.42. The molecule has 3 heterocycles. The molecule has 2 aromatic rings. The Hall–Kier alpha value is -2.27. The van der Waals surface area contributed by atoms with Crippen LogP contribution in [0.15, 0.2) is 28.0 Å². The summed E-state index contributed by atoms with van der Waals surface area (Å²) in [5.74, 6) is 0.150. The zero-order chi connectivity index (χ0) is 21.8. The van der Waals surface area contributed by atoms with Gasteiger partial charge in [-0.25, -0.2) is 4.98 Å². The lowest BCUT2D eigenvalue weighted by Crippen LogP contribution is -2.34. The molecule has 2 aromatic heterocycles. The lowest BCUT2D eigenvalue weighted by molar-refractivity contribution is -0.123. The molecule has 0 unspecified atom stereocenters. The van der Waals surface area contributed by atoms with Crippen molar-refractivity contribution >= 4 is 51.7 Å². The number of ether oxygens (including phenoxy) is 1. The predicted molar refractivity (Wildman–Crippen MR) is 123 cm³/mol. The summed E-state index contributed by atoms with van der Waals surface area (Å²) >= 11 is 6.51. The molecular weight excluding hydrogens is 424 g/mol. The zero-order valence-corrected chi connectivity index (χ0v) is 18.7. The summed E-state index contributed by atoms with van der Waals surface area (Å²) in [5, 5.41) is 11.9. The number of fused-ring (bicyclic) bond motifs is 1.